The number of halogens is 18. The lowest BCUT2D eigenvalue weighted by Crippen LogP contribution is -2.74. The van der Waals surface area contributed by atoms with Crippen LogP contribution in [0.5, 0.6) is 0 Å². The van der Waals surface area contributed by atoms with Crippen LogP contribution in [-0.2, 0) is 4.74 Å². The third-order valence-corrected chi connectivity index (χ3v) is 4.47. The Bertz CT molecular complexity index is 719. The van der Waals surface area contributed by atoms with Gasteiger partial charge in [0.2, 0.25) is 0 Å². The number of carbonyl (C=O) groups is 1. The Morgan fingerprint density at radius 3 is 1.24 bits per heavy atom. The van der Waals surface area contributed by atoms with E-state index in [1.165, 1.54) is 0 Å². The number of alkyl halides is 18. The van der Waals surface area contributed by atoms with Crippen LogP contribution in [0, 0.1) is 0 Å². The van der Waals surface area contributed by atoms with E-state index in [2.05, 4.69) is 10.5 Å². The first-order chi connectivity index (χ1) is 14.1. The van der Waals surface area contributed by atoms with Crippen molar-refractivity contribution >= 4 is 28.7 Å². The number of rotatable bonds is 10. The van der Waals surface area contributed by atoms with Gasteiger partial charge in [-0.2, -0.15) is 74.6 Å². The second-order valence-electron chi connectivity index (χ2n) is 6.08. The zero-order valence-electron chi connectivity index (χ0n) is 14.7. The van der Waals surface area contributed by atoms with Gasteiger partial charge in [-0.05, 0) is 0 Å². The van der Waals surface area contributed by atoms with Crippen LogP contribution in [0.3, 0.4) is 0 Å². The number of hydrogen-bond acceptors (Lipinski definition) is 2. The molecule has 33 heavy (non-hydrogen) atoms. The topological polar surface area (TPSA) is 52.3 Å². The van der Waals surface area contributed by atoms with Gasteiger partial charge >= 0.3 is 53.7 Å². The van der Waals surface area contributed by atoms with E-state index in [-0.39, 0.29) is 0 Å². The van der Waals surface area contributed by atoms with Crippen molar-refractivity contribution in [2.75, 3.05) is 6.61 Å². The Hall–Kier alpha value is -1.19. The van der Waals surface area contributed by atoms with Gasteiger partial charge in [-0.3, -0.25) is 0 Å². The van der Waals surface area contributed by atoms with Crippen molar-refractivity contribution in [3.63, 3.8) is 0 Å². The molecule has 0 aromatic carbocycles. The number of primary amides is 1. The van der Waals surface area contributed by atoms with Gasteiger partial charge in [0.1, 0.15) is 6.61 Å². The quantitative estimate of drug-likeness (QED) is 0.173. The van der Waals surface area contributed by atoms with Crippen LogP contribution in [0.15, 0.2) is 0 Å². The highest BCUT2D eigenvalue weighted by molar-refractivity contribution is 14.1. The maximum Gasteiger partial charge on any atom is 0.460 e. The maximum absolute atomic E-state index is 13.6. The predicted molar refractivity (Wildman–Crippen MR) is 78.6 cm³/mol. The SMILES string of the molecule is NC(=O)OCC(I)CC(F)(F)C(F)(F)C(F)(F)C(F)(F)C(F)(F)C(F)(F)C(F)(F)C(F)(F)F. The van der Waals surface area contributed by atoms with E-state index in [0.29, 0.717) is 22.6 Å². The average molecular weight is 647 g/mol. The molecule has 0 saturated heterocycles. The number of carbonyl (C=O) groups excluding carboxylic acids is 1. The van der Waals surface area contributed by atoms with Crippen molar-refractivity contribution in [1.82, 2.24) is 0 Å². The summed E-state index contributed by atoms with van der Waals surface area (Å²) in [6.07, 6.45) is -12.2. The number of nitrogens with two attached hydrogens (primary N) is 1. The van der Waals surface area contributed by atoms with E-state index in [1.54, 1.807) is 0 Å². The van der Waals surface area contributed by atoms with E-state index < -0.39 is 70.7 Å². The fourth-order valence-electron chi connectivity index (χ4n) is 1.83. The molecule has 0 fully saturated rings. The first kappa shape index (κ1) is 31.8. The second-order valence-corrected chi connectivity index (χ2v) is 7.84. The smallest absolute Gasteiger partial charge is 0.449 e. The predicted octanol–water partition coefficient (Wildman–Crippen LogP) is 6.28. The van der Waals surface area contributed by atoms with Crippen molar-refractivity contribution in [1.29, 1.82) is 0 Å². The molecule has 2 N–H and O–H groups in total. The van der Waals surface area contributed by atoms with Gasteiger partial charge in [-0.25, -0.2) is 4.79 Å². The molecular weight excluding hydrogens is 640 g/mol. The fourth-order valence-corrected chi connectivity index (χ4v) is 2.57. The molecule has 1 atom stereocenters. The highest BCUT2D eigenvalue weighted by Gasteiger charge is 2.95. The van der Waals surface area contributed by atoms with Crippen LogP contribution in [0.4, 0.5) is 79.4 Å². The fraction of sp³-hybridized carbons (Fsp3) is 0.917. The minimum Gasteiger partial charge on any atom is -0.449 e. The lowest BCUT2D eigenvalue weighted by atomic mass is 9.88. The molecule has 0 aliphatic carbocycles. The molecule has 198 valence electrons. The molecule has 3 nitrogen and oxygen atoms in total. The van der Waals surface area contributed by atoms with Crippen LogP contribution >= 0.6 is 22.6 Å². The number of ether oxygens (including phenoxy) is 1. The third-order valence-electron chi connectivity index (χ3n) is 3.67. The van der Waals surface area contributed by atoms with Gasteiger partial charge in [-0.15, -0.1) is 0 Å². The van der Waals surface area contributed by atoms with Crippen LogP contribution in [0.25, 0.3) is 0 Å². The summed E-state index contributed by atoms with van der Waals surface area (Å²) in [5, 5.41) is 0. The summed E-state index contributed by atoms with van der Waals surface area (Å²) in [6, 6.07) is 0. The summed E-state index contributed by atoms with van der Waals surface area (Å²) in [4.78, 5) is 10.3. The Balaban J connectivity index is 6.44. The summed E-state index contributed by atoms with van der Waals surface area (Å²) >= 11 is 0.667. The highest BCUT2D eigenvalue weighted by Crippen LogP contribution is 2.64. The molecule has 21 heteroatoms. The van der Waals surface area contributed by atoms with Crippen LogP contribution in [0.2, 0.25) is 0 Å². The molecule has 0 rings (SSSR count). The molecule has 0 heterocycles. The van der Waals surface area contributed by atoms with Gasteiger partial charge < -0.3 is 10.5 Å². The zero-order valence-corrected chi connectivity index (χ0v) is 16.8. The van der Waals surface area contributed by atoms with E-state index in [1.807, 2.05) is 0 Å². The number of amides is 1. The van der Waals surface area contributed by atoms with Gasteiger partial charge in [0.25, 0.3) is 0 Å². The first-order valence-electron chi connectivity index (χ1n) is 7.34. The molecule has 1 amide bonds. The van der Waals surface area contributed by atoms with E-state index in [0.717, 1.165) is 0 Å². The van der Waals surface area contributed by atoms with Gasteiger partial charge in [0, 0.05) is 6.42 Å². The summed E-state index contributed by atoms with van der Waals surface area (Å²) in [5.74, 6) is -56.7. The van der Waals surface area contributed by atoms with Crippen molar-refractivity contribution in [2.45, 2.75) is 58.0 Å². The number of hydrogen-bond donors (Lipinski definition) is 1. The van der Waals surface area contributed by atoms with Crippen LogP contribution < -0.4 is 5.73 Å². The van der Waals surface area contributed by atoms with Crippen molar-refractivity contribution in [2.24, 2.45) is 5.73 Å². The normalized spacial score (nSPS) is 16.5. The lowest BCUT2D eigenvalue weighted by Gasteiger charge is -2.43. The average Bonchev–Trinajstić information content (AvgIpc) is 2.57. The Morgan fingerprint density at radius 1 is 0.636 bits per heavy atom. The molecule has 0 aliphatic heterocycles. The molecule has 1 unspecified atom stereocenters. The standard InChI is InChI=1S/C12H7F17INO2/c13-5(14,1-3(30)2-33-4(31)32)6(15,16)7(17,18)8(19,20)9(21,22)10(23,24)11(25,26)12(27,28)29/h3H,1-2H2,(H2,31,32). The molecule has 0 aliphatic rings. The summed E-state index contributed by atoms with van der Waals surface area (Å²) in [5.41, 5.74) is 4.36. The van der Waals surface area contributed by atoms with Gasteiger partial charge in [-0.1, -0.05) is 22.6 Å². The minimum absolute atomic E-state index is 0.667. The summed E-state index contributed by atoms with van der Waals surface area (Å²) < 4.78 is 224. The Kier molecular flexibility index (Phi) is 8.47. The van der Waals surface area contributed by atoms with Crippen molar-refractivity contribution < 1.29 is 84.2 Å². The van der Waals surface area contributed by atoms with E-state index in [9.17, 15) is 79.4 Å². The molecule has 0 aromatic rings. The third kappa shape index (κ3) is 4.96. The Morgan fingerprint density at radius 2 is 0.939 bits per heavy atom. The van der Waals surface area contributed by atoms with Crippen molar-refractivity contribution in [3.05, 3.63) is 0 Å². The van der Waals surface area contributed by atoms with Gasteiger partial charge in [0.15, 0.2) is 0 Å². The Labute approximate surface area is 183 Å². The molecule has 0 aromatic heterocycles. The van der Waals surface area contributed by atoms with Crippen LogP contribution in [-0.4, -0.2) is 64.3 Å². The monoisotopic (exact) mass is 647 g/mol. The molecule has 0 radical (unpaired) electrons. The summed E-state index contributed by atoms with van der Waals surface area (Å²) in [6.45, 7) is -1.38. The van der Waals surface area contributed by atoms with Gasteiger partial charge in [0.05, 0.1) is 3.92 Å². The highest BCUT2D eigenvalue weighted by atomic mass is 127. The van der Waals surface area contributed by atoms with E-state index in [4.69, 9.17) is 0 Å². The molecule has 0 saturated carbocycles. The maximum atomic E-state index is 13.6. The van der Waals surface area contributed by atoms with Crippen molar-refractivity contribution in [3.8, 4) is 0 Å². The van der Waals surface area contributed by atoms with Crippen LogP contribution in [0.1, 0.15) is 6.42 Å². The first-order valence-corrected chi connectivity index (χ1v) is 8.58. The molecular formula is C12H7F17INO2. The second kappa shape index (κ2) is 8.79. The largest absolute Gasteiger partial charge is 0.460 e. The lowest BCUT2D eigenvalue weighted by molar-refractivity contribution is -0.461. The minimum atomic E-state index is -8.67. The molecule has 0 spiro atoms. The zero-order chi connectivity index (χ0) is 27.3. The molecule has 0 bridgehead atoms. The summed E-state index contributed by atoms with van der Waals surface area (Å²) in [7, 11) is 0. The van der Waals surface area contributed by atoms with E-state index >= 15 is 0 Å².